The smallest absolute Gasteiger partial charge is 0.264 e. The van der Waals surface area contributed by atoms with E-state index in [-0.39, 0.29) is 11.8 Å². The molecule has 0 aliphatic rings. The van der Waals surface area contributed by atoms with Crippen LogP contribution in [0.25, 0.3) is 0 Å². The first kappa shape index (κ1) is 11.7. The first-order valence-electron chi connectivity index (χ1n) is 5.09. The predicted molar refractivity (Wildman–Crippen MR) is 59.4 cm³/mol. The van der Waals surface area contributed by atoms with E-state index in [1.807, 2.05) is 13.8 Å². The molecule has 0 spiro atoms. The van der Waals surface area contributed by atoms with Crippen LogP contribution < -0.4 is 11.5 Å². The van der Waals surface area contributed by atoms with E-state index in [0.717, 1.165) is 12.1 Å². The predicted octanol–water partition coefficient (Wildman–Crippen LogP) is 0.787. The third-order valence-corrected chi connectivity index (χ3v) is 2.66. The normalized spacial score (nSPS) is 14.9. The van der Waals surface area contributed by atoms with E-state index in [9.17, 15) is 4.79 Å². The standard InChI is InChI=1S/C10H18N4O/c1-4-6(2)9(12)10(15)14-7(3)5-8(11)13-14/h5-6,9H,4,12H2,1-3H3,(H2,11,13)/t6-,9-/m0/s1. The van der Waals surface area contributed by atoms with Crippen LogP contribution in [0.2, 0.25) is 0 Å². The number of rotatable bonds is 3. The van der Waals surface area contributed by atoms with Gasteiger partial charge in [-0.2, -0.15) is 0 Å². The molecular weight excluding hydrogens is 192 g/mol. The van der Waals surface area contributed by atoms with Gasteiger partial charge in [0.2, 0.25) is 0 Å². The highest BCUT2D eigenvalue weighted by molar-refractivity contribution is 5.84. The summed E-state index contributed by atoms with van der Waals surface area (Å²) in [4.78, 5) is 11.9. The van der Waals surface area contributed by atoms with Crippen molar-refractivity contribution in [1.29, 1.82) is 0 Å². The molecule has 0 amide bonds. The maximum atomic E-state index is 11.9. The summed E-state index contributed by atoms with van der Waals surface area (Å²) in [5.74, 6) is 0.290. The number of carbonyl (C=O) groups excluding carboxylic acids is 1. The SMILES string of the molecule is CC[C@H](C)[C@H](N)C(=O)n1nc(N)cc1C. The fraction of sp³-hybridized carbons (Fsp3) is 0.600. The molecule has 84 valence electrons. The Morgan fingerprint density at radius 3 is 2.67 bits per heavy atom. The molecule has 0 fully saturated rings. The van der Waals surface area contributed by atoms with E-state index in [4.69, 9.17) is 11.5 Å². The van der Waals surface area contributed by atoms with Gasteiger partial charge in [-0.25, -0.2) is 4.68 Å². The minimum atomic E-state index is -0.520. The molecule has 0 aliphatic heterocycles. The summed E-state index contributed by atoms with van der Waals surface area (Å²) in [7, 11) is 0. The molecule has 1 heterocycles. The van der Waals surface area contributed by atoms with Gasteiger partial charge < -0.3 is 11.5 Å². The Labute approximate surface area is 89.4 Å². The number of nitrogens with two attached hydrogens (primary N) is 2. The van der Waals surface area contributed by atoms with Crippen molar-refractivity contribution in [3.63, 3.8) is 0 Å². The molecule has 0 bridgehead atoms. The van der Waals surface area contributed by atoms with Gasteiger partial charge in [-0.05, 0) is 12.8 Å². The van der Waals surface area contributed by atoms with Crippen LogP contribution in [0.1, 0.15) is 30.8 Å². The van der Waals surface area contributed by atoms with Crippen LogP contribution in [0.3, 0.4) is 0 Å². The van der Waals surface area contributed by atoms with Crippen LogP contribution in [-0.2, 0) is 0 Å². The number of hydrogen-bond acceptors (Lipinski definition) is 4. The number of nitrogens with zero attached hydrogens (tertiary/aromatic N) is 2. The Bertz CT molecular complexity index is 358. The third kappa shape index (κ3) is 2.36. The monoisotopic (exact) mass is 210 g/mol. The average molecular weight is 210 g/mol. The Hall–Kier alpha value is -1.36. The highest BCUT2D eigenvalue weighted by Gasteiger charge is 2.22. The van der Waals surface area contributed by atoms with Crippen LogP contribution in [0.15, 0.2) is 6.07 Å². The van der Waals surface area contributed by atoms with Crippen molar-refractivity contribution in [2.75, 3.05) is 5.73 Å². The molecule has 15 heavy (non-hydrogen) atoms. The van der Waals surface area contributed by atoms with Crippen molar-refractivity contribution >= 4 is 11.7 Å². The highest BCUT2D eigenvalue weighted by Crippen LogP contribution is 2.10. The van der Waals surface area contributed by atoms with Crippen LogP contribution in [0.4, 0.5) is 5.82 Å². The zero-order chi connectivity index (χ0) is 11.6. The van der Waals surface area contributed by atoms with Crippen molar-refractivity contribution in [1.82, 2.24) is 9.78 Å². The lowest BCUT2D eigenvalue weighted by Crippen LogP contribution is -2.40. The van der Waals surface area contributed by atoms with E-state index in [2.05, 4.69) is 5.10 Å². The number of aryl methyl sites for hydroxylation is 1. The molecule has 0 aliphatic carbocycles. The van der Waals surface area contributed by atoms with Gasteiger partial charge in [-0.1, -0.05) is 20.3 Å². The number of hydrogen-bond donors (Lipinski definition) is 2. The molecule has 0 unspecified atom stereocenters. The molecule has 1 aromatic heterocycles. The molecular formula is C10H18N4O. The molecule has 0 saturated heterocycles. The van der Waals surface area contributed by atoms with Crippen LogP contribution in [0, 0.1) is 12.8 Å². The van der Waals surface area contributed by atoms with Gasteiger partial charge in [0.25, 0.3) is 5.91 Å². The highest BCUT2D eigenvalue weighted by atomic mass is 16.2. The number of nitrogen functional groups attached to an aromatic ring is 1. The first-order chi connectivity index (χ1) is 6.97. The van der Waals surface area contributed by atoms with Crippen molar-refractivity contribution < 1.29 is 4.79 Å². The van der Waals surface area contributed by atoms with E-state index < -0.39 is 6.04 Å². The molecule has 2 atom stereocenters. The minimum Gasteiger partial charge on any atom is -0.382 e. The van der Waals surface area contributed by atoms with Gasteiger partial charge in [0.15, 0.2) is 0 Å². The van der Waals surface area contributed by atoms with Crippen molar-refractivity contribution in [3.05, 3.63) is 11.8 Å². The lowest BCUT2D eigenvalue weighted by atomic mass is 9.99. The maximum Gasteiger partial charge on any atom is 0.264 e. The van der Waals surface area contributed by atoms with Gasteiger partial charge >= 0.3 is 0 Å². The molecule has 5 heteroatoms. The van der Waals surface area contributed by atoms with E-state index in [1.54, 1.807) is 13.0 Å². The van der Waals surface area contributed by atoms with Gasteiger partial charge in [0.1, 0.15) is 5.82 Å². The van der Waals surface area contributed by atoms with Crippen molar-refractivity contribution in [2.45, 2.75) is 33.2 Å². The van der Waals surface area contributed by atoms with Crippen molar-refractivity contribution in [2.24, 2.45) is 11.7 Å². The summed E-state index contributed by atoms with van der Waals surface area (Å²) >= 11 is 0. The van der Waals surface area contributed by atoms with Gasteiger partial charge in [0.05, 0.1) is 6.04 Å². The molecule has 0 radical (unpaired) electrons. The summed E-state index contributed by atoms with van der Waals surface area (Å²) in [6.07, 6.45) is 0.864. The van der Waals surface area contributed by atoms with Crippen molar-refractivity contribution in [3.8, 4) is 0 Å². The average Bonchev–Trinajstić information content (AvgIpc) is 2.54. The number of anilines is 1. The molecule has 0 saturated carbocycles. The summed E-state index contributed by atoms with van der Waals surface area (Å²) in [6.45, 7) is 5.73. The molecule has 1 aromatic rings. The van der Waals surface area contributed by atoms with Crippen LogP contribution in [-0.4, -0.2) is 21.7 Å². The van der Waals surface area contributed by atoms with E-state index in [1.165, 1.54) is 4.68 Å². The Balaban J connectivity index is 2.89. The topological polar surface area (TPSA) is 86.9 Å². The lowest BCUT2D eigenvalue weighted by Gasteiger charge is -2.17. The summed E-state index contributed by atoms with van der Waals surface area (Å²) < 4.78 is 1.28. The second kappa shape index (κ2) is 4.44. The fourth-order valence-electron chi connectivity index (χ4n) is 1.36. The Kier molecular flexibility index (Phi) is 3.47. The summed E-state index contributed by atoms with van der Waals surface area (Å²) in [5, 5.41) is 3.91. The lowest BCUT2D eigenvalue weighted by molar-refractivity contribution is 0.0832. The van der Waals surface area contributed by atoms with Crippen LogP contribution >= 0.6 is 0 Å². The van der Waals surface area contributed by atoms with Gasteiger partial charge in [-0.15, -0.1) is 5.10 Å². The molecule has 4 N–H and O–H groups in total. The first-order valence-corrected chi connectivity index (χ1v) is 5.09. The molecule has 1 rings (SSSR count). The summed E-state index contributed by atoms with van der Waals surface area (Å²) in [5.41, 5.74) is 12.0. The van der Waals surface area contributed by atoms with Crippen LogP contribution in [0.5, 0.6) is 0 Å². The number of aromatic nitrogens is 2. The van der Waals surface area contributed by atoms with Gasteiger partial charge in [0, 0.05) is 11.8 Å². The number of carbonyl (C=O) groups is 1. The quantitative estimate of drug-likeness (QED) is 0.772. The Morgan fingerprint density at radius 2 is 2.27 bits per heavy atom. The minimum absolute atomic E-state index is 0.141. The van der Waals surface area contributed by atoms with E-state index in [0.29, 0.717) is 5.82 Å². The molecule has 5 nitrogen and oxygen atoms in total. The fourth-order valence-corrected chi connectivity index (χ4v) is 1.36. The molecule has 0 aromatic carbocycles. The zero-order valence-electron chi connectivity index (χ0n) is 9.40. The maximum absolute atomic E-state index is 11.9. The Morgan fingerprint density at radius 1 is 1.67 bits per heavy atom. The largest absolute Gasteiger partial charge is 0.382 e. The zero-order valence-corrected chi connectivity index (χ0v) is 9.40. The third-order valence-electron chi connectivity index (χ3n) is 2.66. The second-order valence-corrected chi connectivity index (χ2v) is 3.87. The second-order valence-electron chi connectivity index (χ2n) is 3.87. The van der Waals surface area contributed by atoms with Gasteiger partial charge in [-0.3, -0.25) is 4.79 Å². The van der Waals surface area contributed by atoms with E-state index >= 15 is 0 Å². The summed E-state index contributed by atoms with van der Waals surface area (Å²) in [6, 6.07) is 1.13.